The van der Waals surface area contributed by atoms with E-state index in [2.05, 4.69) is 20.6 Å². The molecule has 0 spiro atoms. The van der Waals surface area contributed by atoms with Crippen molar-refractivity contribution < 1.29 is 13.2 Å². The maximum absolute atomic E-state index is 13.3. The highest BCUT2D eigenvalue weighted by Gasteiger charge is 2.35. The first-order valence-electron chi connectivity index (χ1n) is 7.90. The number of alkyl halides is 3. The molecule has 5 nitrogen and oxygen atoms in total. The van der Waals surface area contributed by atoms with Crippen LogP contribution in [0.2, 0.25) is 0 Å². The zero-order chi connectivity index (χ0) is 19.4. The van der Waals surface area contributed by atoms with Crippen LogP contribution in [0.1, 0.15) is 16.7 Å². The van der Waals surface area contributed by atoms with Crippen molar-refractivity contribution in [1.29, 1.82) is 5.26 Å². The normalized spacial score (nSPS) is 10.9. The maximum Gasteiger partial charge on any atom is 0.421 e. The van der Waals surface area contributed by atoms with Gasteiger partial charge in [0.05, 0.1) is 11.6 Å². The molecule has 0 atom stereocenters. The predicted molar refractivity (Wildman–Crippen MR) is 95.9 cm³/mol. The minimum absolute atomic E-state index is 0.0306. The van der Waals surface area contributed by atoms with Crippen LogP contribution in [-0.4, -0.2) is 9.97 Å². The number of benzene rings is 2. The smallest absolute Gasteiger partial charge is 0.340 e. The van der Waals surface area contributed by atoms with Gasteiger partial charge >= 0.3 is 6.18 Å². The summed E-state index contributed by atoms with van der Waals surface area (Å²) in [6.07, 6.45) is -3.88. The van der Waals surface area contributed by atoms with E-state index < -0.39 is 11.7 Å². The molecule has 0 radical (unpaired) electrons. The van der Waals surface area contributed by atoms with E-state index in [1.54, 1.807) is 12.1 Å². The molecule has 2 aromatic carbocycles. The fourth-order valence-corrected chi connectivity index (χ4v) is 2.28. The molecule has 1 heterocycles. The minimum Gasteiger partial charge on any atom is -0.340 e. The van der Waals surface area contributed by atoms with Crippen molar-refractivity contribution in [3.63, 3.8) is 0 Å². The Hall–Kier alpha value is -3.60. The van der Waals surface area contributed by atoms with Crippen LogP contribution in [0.15, 0.2) is 54.7 Å². The fraction of sp³-hybridized carbons (Fsp3) is 0.105. The summed E-state index contributed by atoms with van der Waals surface area (Å²) in [4.78, 5) is 7.74. The van der Waals surface area contributed by atoms with Gasteiger partial charge in [0.25, 0.3) is 0 Å². The second-order valence-electron chi connectivity index (χ2n) is 5.76. The van der Waals surface area contributed by atoms with Crippen LogP contribution in [0.25, 0.3) is 0 Å². The van der Waals surface area contributed by atoms with Crippen LogP contribution in [0.3, 0.4) is 0 Å². The van der Waals surface area contributed by atoms with E-state index >= 15 is 0 Å². The Morgan fingerprint density at radius 2 is 1.52 bits per heavy atom. The monoisotopic (exact) mass is 369 g/mol. The van der Waals surface area contributed by atoms with Crippen LogP contribution in [-0.2, 0) is 6.18 Å². The summed E-state index contributed by atoms with van der Waals surface area (Å²) in [7, 11) is 0. The number of hydrogen-bond donors (Lipinski definition) is 2. The van der Waals surface area contributed by atoms with Gasteiger partial charge in [-0.3, -0.25) is 0 Å². The predicted octanol–water partition coefficient (Wildman–Crippen LogP) is 5.16. The molecule has 27 heavy (non-hydrogen) atoms. The molecule has 1 aromatic heterocycles. The van der Waals surface area contributed by atoms with Crippen molar-refractivity contribution in [1.82, 2.24) is 9.97 Å². The van der Waals surface area contributed by atoms with Gasteiger partial charge in [0.15, 0.2) is 0 Å². The molecule has 3 rings (SSSR count). The summed E-state index contributed by atoms with van der Waals surface area (Å²) in [5, 5.41) is 14.3. The van der Waals surface area contributed by atoms with Gasteiger partial charge in [0.1, 0.15) is 11.4 Å². The van der Waals surface area contributed by atoms with Crippen molar-refractivity contribution in [2.75, 3.05) is 10.6 Å². The lowest BCUT2D eigenvalue weighted by atomic mass is 10.2. The van der Waals surface area contributed by atoms with Crippen LogP contribution in [0.5, 0.6) is 0 Å². The highest BCUT2D eigenvalue weighted by atomic mass is 19.4. The lowest BCUT2D eigenvalue weighted by molar-refractivity contribution is -0.137. The average Bonchev–Trinajstić information content (AvgIpc) is 2.63. The summed E-state index contributed by atoms with van der Waals surface area (Å²) >= 11 is 0. The van der Waals surface area contributed by atoms with Crippen molar-refractivity contribution in [3.8, 4) is 6.07 Å². The fourth-order valence-electron chi connectivity index (χ4n) is 2.28. The second-order valence-corrected chi connectivity index (χ2v) is 5.76. The van der Waals surface area contributed by atoms with E-state index in [9.17, 15) is 13.2 Å². The number of aromatic nitrogens is 2. The third-order valence-corrected chi connectivity index (χ3v) is 3.68. The van der Waals surface area contributed by atoms with E-state index in [-0.39, 0.29) is 11.8 Å². The molecule has 0 bridgehead atoms. The topological polar surface area (TPSA) is 73.6 Å². The first kappa shape index (κ1) is 18.2. The molecule has 136 valence electrons. The first-order valence-corrected chi connectivity index (χ1v) is 7.90. The Bertz CT molecular complexity index is 974. The van der Waals surface area contributed by atoms with Gasteiger partial charge < -0.3 is 10.6 Å². The molecule has 0 aliphatic heterocycles. The highest BCUT2D eigenvalue weighted by Crippen LogP contribution is 2.35. The molecule has 0 saturated carbocycles. The highest BCUT2D eigenvalue weighted by molar-refractivity contribution is 5.63. The molecule has 0 saturated heterocycles. The van der Waals surface area contributed by atoms with E-state index in [1.807, 2.05) is 25.1 Å². The summed E-state index contributed by atoms with van der Waals surface area (Å²) in [5.41, 5.74) is 1.50. The van der Waals surface area contributed by atoms with Crippen LogP contribution in [0.4, 0.5) is 36.3 Å². The second kappa shape index (κ2) is 7.33. The molecule has 2 N–H and O–H groups in total. The molecule has 0 aliphatic carbocycles. The third kappa shape index (κ3) is 4.52. The Balaban J connectivity index is 1.92. The van der Waals surface area contributed by atoms with Gasteiger partial charge in [-0.2, -0.15) is 23.4 Å². The number of aryl methyl sites for hydroxylation is 1. The Labute approximate surface area is 153 Å². The van der Waals surface area contributed by atoms with Gasteiger partial charge in [-0.15, -0.1) is 0 Å². The lowest BCUT2D eigenvalue weighted by Gasteiger charge is -2.15. The molecular formula is C19H14F3N5. The molecule has 3 aromatic rings. The number of nitrogens with one attached hydrogen (secondary N) is 2. The van der Waals surface area contributed by atoms with E-state index in [4.69, 9.17) is 5.26 Å². The molecular weight excluding hydrogens is 355 g/mol. The third-order valence-electron chi connectivity index (χ3n) is 3.68. The van der Waals surface area contributed by atoms with E-state index in [0.717, 1.165) is 11.8 Å². The largest absolute Gasteiger partial charge is 0.421 e. The van der Waals surface area contributed by atoms with Gasteiger partial charge in [-0.25, -0.2) is 4.98 Å². The summed E-state index contributed by atoms with van der Waals surface area (Å²) in [6.45, 7) is 1.93. The Morgan fingerprint density at radius 3 is 2.11 bits per heavy atom. The van der Waals surface area contributed by atoms with Crippen molar-refractivity contribution in [2.24, 2.45) is 0 Å². The zero-order valence-corrected chi connectivity index (χ0v) is 14.2. The number of nitriles is 1. The standard InChI is InChI=1S/C19H14F3N5/c1-12-2-6-15(7-3-12)26-18-24-11-16(19(20,21)22)17(27-18)25-14-8-4-13(10-23)5-9-14/h2-9,11H,1H3,(H2,24,25,26,27). The minimum atomic E-state index is -4.61. The molecule has 0 aliphatic rings. The number of rotatable bonds is 4. The molecule has 0 fully saturated rings. The van der Waals surface area contributed by atoms with Crippen molar-refractivity contribution in [2.45, 2.75) is 13.1 Å². The molecule has 0 unspecified atom stereocenters. The molecule has 0 amide bonds. The Morgan fingerprint density at radius 1 is 0.926 bits per heavy atom. The van der Waals surface area contributed by atoms with Gasteiger partial charge in [0, 0.05) is 17.6 Å². The van der Waals surface area contributed by atoms with Gasteiger partial charge in [-0.1, -0.05) is 17.7 Å². The van der Waals surface area contributed by atoms with Crippen molar-refractivity contribution in [3.05, 3.63) is 71.4 Å². The maximum atomic E-state index is 13.3. The van der Waals surface area contributed by atoms with Crippen LogP contribution >= 0.6 is 0 Å². The van der Waals surface area contributed by atoms with E-state index in [1.165, 1.54) is 24.3 Å². The zero-order valence-electron chi connectivity index (χ0n) is 14.2. The summed E-state index contributed by atoms with van der Waals surface area (Å²) < 4.78 is 39.9. The first-order chi connectivity index (χ1) is 12.8. The van der Waals surface area contributed by atoms with Gasteiger partial charge in [0.2, 0.25) is 5.95 Å². The summed E-state index contributed by atoms with van der Waals surface area (Å²) in [6, 6.07) is 15.3. The number of nitrogens with zero attached hydrogens (tertiary/aromatic N) is 3. The van der Waals surface area contributed by atoms with Crippen LogP contribution < -0.4 is 10.6 Å². The number of hydrogen-bond acceptors (Lipinski definition) is 5. The van der Waals surface area contributed by atoms with E-state index in [0.29, 0.717) is 16.9 Å². The van der Waals surface area contributed by atoms with Crippen molar-refractivity contribution >= 4 is 23.1 Å². The SMILES string of the molecule is Cc1ccc(Nc2ncc(C(F)(F)F)c(Nc3ccc(C#N)cc3)n2)cc1. The van der Waals surface area contributed by atoms with Crippen LogP contribution in [0, 0.1) is 18.3 Å². The Kier molecular flexibility index (Phi) is 4.94. The number of anilines is 4. The molecule has 8 heteroatoms. The van der Waals surface area contributed by atoms with Gasteiger partial charge in [-0.05, 0) is 43.3 Å². The average molecular weight is 369 g/mol. The number of halogens is 3. The summed E-state index contributed by atoms with van der Waals surface area (Å²) in [5.74, 6) is -0.347. The lowest BCUT2D eigenvalue weighted by Crippen LogP contribution is -2.12. The quantitative estimate of drug-likeness (QED) is 0.664.